The minimum absolute atomic E-state index is 0.0937. The van der Waals surface area contributed by atoms with Crippen LogP contribution in [0.4, 0.5) is 5.69 Å². The number of hydrogen-bond donors (Lipinski definition) is 2. The third kappa shape index (κ3) is 6.54. The van der Waals surface area contributed by atoms with Crippen molar-refractivity contribution < 1.29 is 9.59 Å². The topological polar surface area (TPSA) is 58.2 Å². The second kappa shape index (κ2) is 8.84. The zero-order chi connectivity index (χ0) is 16.7. The molecule has 0 bridgehead atoms. The molecule has 0 atom stereocenters. The molecule has 2 amide bonds. The van der Waals surface area contributed by atoms with Crippen LogP contribution >= 0.6 is 31.9 Å². The van der Waals surface area contributed by atoms with E-state index in [0.29, 0.717) is 13.0 Å². The summed E-state index contributed by atoms with van der Waals surface area (Å²) in [6, 6.07) is 14.9. The van der Waals surface area contributed by atoms with Gasteiger partial charge in [-0.25, -0.2) is 0 Å². The fourth-order valence-corrected chi connectivity index (χ4v) is 2.45. The van der Waals surface area contributed by atoms with Gasteiger partial charge in [0.1, 0.15) is 0 Å². The second-order valence-corrected chi connectivity index (χ2v) is 6.79. The van der Waals surface area contributed by atoms with E-state index in [1.165, 1.54) is 0 Å². The predicted octanol–water partition coefficient (Wildman–Crippen LogP) is 3.90. The van der Waals surface area contributed by atoms with Crippen LogP contribution in [-0.4, -0.2) is 18.4 Å². The molecule has 120 valence electrons. The van der Waals surface area contributed by atoms with E-state index in [4.69, 9.17) is 0 Å². The number of hydrogen-bond acceptors (Lipinski definition) is 2. The van der Waals surface area contributed by atoms with E-state index in [2.05, 4.69) is 42.5 Å². The first-order chi connectivity index (χ1) is 11.0. The molecule has 0 heterocycles. The molecule has 0 aliphatic carbocycles. The van der Waals surface area contributed by atoms with Crippen molar-refractivity contribution in [3.05, 3.63) is 63.0 Å². The lowest BCUT2D eigenvalue weighted by Gasteiger charge is -2.07. The smallest absolute Gasteiger partial charge is 0.226 e. The number of nitrogens with one attached hydrogen (secondary N) is 2. The maximum absolute atomic E-state index is 11.8. The highest BCUT2D eigenvalue weighted by molar-refractivity contribution is 9.10. The normalized spacial score (nSPS) is 10.2. The molecule has 0 unspecified atom stereocenters. The van der Waals surface area contributed by atoms with E-state index in [-0.39, 0.29) is 18.2 Å². The van der Waals surface area contributed by atoms with E-state index in [0.717, 1.165) is 20.2 Å². The Balaban J connectivity index is 1.69. The zero-order valence-corrected chi connectivity index (χ0v) is 15.5. The van der Waals surface area contributed by atoms with Crippen LogP contribution in [0.3, 0.4) is 0 Å². The molecule has 2 aromatic rings. The van der Waals surface area contributed by atoms with Crippen LogP contribution in [0.15, 0.2) is 57.5 Å². The van der Waals surface area contributed by atoms with Gasteiger partial charge >= 0.3 is 0 Å². The van der Waals surface area contributed by atoms with Gasteiger partial charge in [0.05, 0.1) is 6.42 Å². The second-order valence-electron chi connectivity index (χ2n) is 4.96. The summed E-state index contributed by atoms with van der Waals surface area (Å²) < 4.78 is 1.93. The van der Waals surface area contributed by atoms with Crippen molar-refractivity contribution in [3.63, 3.8) is 0 Å². The Bertz CT molecular complexity index is 610. The van der Waals surface area contributed by atoms with Crippen LogP contribution in [0.2, 0.25) is 0 Å². The van der Waals surface area contributed by atoms with Crippen LogP contribution in [0.5, 0.6) is 0 Å². The Morgan fingerprint density at radius 2 is 1.39 bits per heavy atom. The van der Waals surface area contributed by atoms with Crippen molar-refractivity contribution in [3.8, 4) is 0 Å². The van der Waals surface area contributed by atoms with Crippen LogP contribution in [0.1, 0.15) is 12.0 Å². The molecular formula is C17H16Br2N2O2. The molecule has 0 fully saturated rings. The Labute approximate surface area is 151 Å². The summed E-state index contributed by atoms with van der Waals surface area (Å²) in [6.07, 6.45) is 0.545. The number of amides is 2. The van der Waals surface area contributed by atoms with Gasteiger partial charge in [-0.3, -0.25) is 9.59 Å². The van der Waals surface area contributed by atoms with E-state index in [1.807, 2.05) is 48.5 Å². The third-order valence-corrected chi connectivity index (χ3v) is 4.14. The van der Waals surface area contributed by atoms with Gasteiger partial charge in [0, 0.05) is 27.6 Å². The Kier molecular flexibility index (Phi) is 6.80. The van der Waals surface area contributed by atoms with Gasteiger partial charge in [-0.15, -0.1) is 0 Å². The molecule has 2 rings (SSSR count). The first-order valence-corrected chi connectivity index (χ1v) is 8.68. The van der Waals surface area contributed by atoms with Gasteiger partial charge in [-0.2, -0.15) is 0 Å². The molecular weight excluding hydrogens is 424 g/mol. The molecule has 2 aromatic carbocycles. The summed E-state index contributed by atoms with van der Waals surface area (Å²) in [5.74, 6) is -0.222. The predicted molar refractivity (Wildman–Crippen MR) is 98.2 cm³/mol. The number of carbonyl (C=O) groups excluding carboxylic acids is 2. The molecule has 0 aliphatic rings. The average Bonchev–Trinajstić information content (AvgIpc) is 2.52. The highest BCUT2D eigenvalue weighted by Crippen LogP contribution is 2.14. The van der Waals surface area contributed by atoms with Gasteiger partial charge in [0.2, 0.25) is 11.8 Å². The lowest BCUT2D eigenvalue weighted by molar-refractivity contribution is -0.120. The summed E-state index contributed by atoms with van der Waals surface area (Å²) in [7, 11) is 0. The van der Waals surface area contributed by atoms with Gasteiger partial charge in [-0.05, 0) is 42.0 Å². The lowest BCUT2D eigenvalue weighted by Crippen LogP contribution is -2.28. The van der Waals surface area contributed by atoms with Gasteiger partial charge in [0.25, 0.3) is 0 Å². The largest absolute Gasteiger partial charge is 0.355 e. The van der Waals surface area contributed by atoms with Crippen LogP contribution in [0, 0.1) is 0 Å². The highest BCUT2D eigenvalue weighted by atomic mass is 79.9. The summed E-state index contributed by atoms with van der Waals surface area (Å²) in [6.45, 7) is 0.317. The standard InChI is InChI=1S/C17H16Br2N2O2/c18-13-3-1-12(2-4-13)11-17(23)20-10-9-16(22)21-15-7-5-14(19)6-8-15/h1-8H,9-11H2,(H,20,23)(H,21,22). The quantitative estimate of drug-likeness (QED) is 0.717. The monoisotopic (exact) mass is 438 g/mol. The van der Waals surface area contributed by atoms with E-state index < -0.39 is 0 Å². The van der Waals surface area contributed by atoms with Crippen molar-refractivity contribution in [1.29, 1.82) is 0 Å². The van der Waals surface area contributed by atoms with Gasteiger partial charge in [0.15, 0.2) is 0 Å². The van der Waals surface area contributed by atoms with Crippen molar-refractivity contribution in [1.82, 2.24) is 5.32 Å². The van der Waals surface area contributed by atoms with Crippen molar-refractivity contribution in [2.24, 2.45) is 0 Å². The van der Waals surface area contributed by atoms with Crippen molar-refractivity contribution in [2.75, 3.05) is 11.9 Å². The molecule has 0 aliphatic heterocycles. The first kappa shape index (κ1) is 17.7. The minimum Gasteiger partial charge on any atom is -0.355 e. The molecule has 0 radical (unpaired) electrons. The minimum atomic E-state index is -0.128. The fourth-order valence-electron chi connectivity index (χ4n) is 1.92. The summed E-state index contributed by atoms with van der Waals surface area (Å²) in [5, 5.41) is 5.54. The maximum Gasteiger partial charge on any atom is 0.226 e. The zero-order valence-electron chi connectivity index (χ0n) is 12.3. The molecule has 0 saturated carbocycles. The number of halogens is 2. The van der Waals surface area contributed by atoms with Crippen LogP contribution < -0.4 is 10.6 Å². The number of benzene rings is 2. The Morgan fingerprint density at radius 1 is 0.826 bits per heavy atom. The molecule has 2 N–H and O–H groups in total. The summed E-state index contributed by atoms with van der Waals surface area (Å²) in [5.41, 5.74) is 1.67. The molecule has 0 saturated heterocycles. The Morgan fingerprint density at radius 3 is 2.00 bits per heavy atom. The van der Waals surface area contributed by atoms with Crippen molar-refractivity contribution in [2.45, 2.75) is 12.8 Å². The maximum atomic E-state index is 11.8. The van der Waals surface area contributed by atoms with E-state index in [9.17, 15) is 9.59 Å². The van der Waals surface area contributed by atoms with Crippen molar-refractivity contribution >= 4 is 49.4 Å². The number of rotatable bonds is 6. The molecule has 0 spiro atoms. The fraction of sp³-hybridized carbons (Fsp3) is 0.176. The molecule has 4 nitrogen and oxygen atoms in total. The van der Waals surface area contributed by atoms with Gasteiger partial charge < -0.3 is 10.6 Å². The Hall–Kier alpha value is -1.66. The summed E-state index contributed by atoms with van der Waals surface area (Å²) in [4.78, 5) is 23.6. The van der Waals surface area contributed by atoms with E-state index in [1.54, 1.807) is 0 Å². The third-order valence-electron chi connectivity index (χ3n) is 3.08. The van der Waals surface area contributed by atoms with Gasteiger partial charge in [-0.1, -0.05) is 44.0 Å². The van der Waals surface area contributed by atoms with Crippen LogP contribution in [-0.2, 0) is 16.0 Å². The van der Waals surface area contributed by atoms with E-state index >= 15 is 0 Å². The van der Waals surface area contributed by atoms with Crippen LogP contribution in [0.25, 0.3) is 0 Å². The lowest BCUT2D eigenvalue weighted by atomic mass is 10.1. The number of carbonyl (C=O) groups is 2. The number of anilines is 1. The summed E-state index contributed by atoms with van der Waals surface area (Å²) >= 11 is 6.69. The SMILES string of the molecule is O=C(Cc1ccc(Br)cc1)NCCC(=O)Nc1ccc(Br)cc1. The molecule has 23 heavy (non-hydrogen) atoms. The highest BCUT2D eigenvalue weighted by Gasteiger charge is 2.06. The first-order valence-electron chi connectivity index (χ1n) is 7.09. The molecule has 6 heteroatoms. The average molecular weight is 440 g/mol. The molecule has 0 aromatic heterocycles.